The van der Waals surface area contributed by atoms with Crippen molar-refractivity contribution in [2.24, 2.45) is 0 Å². The number of carbonyl (C=O) groups excluding carboxylic acids is 1. The fraction of sp³-hybridized carbons (Fsp3) is 0.286. The summed E-state index contributed by atoms with van der Waals surface area (Å²) in [4.78, 5) is 16.1. The number of amides is 1. The summed E-state index contributed by atoms with van der Waals surface area (Å²) < 4.78 is 37.2. The molecule has 1 aromatic carbocycles. The summed E-state index contributed by atoms with van der Waals surface area (Å²) >= 11 is 1.51. The van der Waals surface area contributed by atoms with Crippen LogP contribution in [-0.4, -0.2) is 17.4 Å². The first-order chi connectivity index (χ1) is 9.86. The number of nitrogens with zero attached hydrogens (tertiary/aromatic N) is 1. The van der Waals surface area contributed by atoms with Crippen LogP contribution in [0.4, 0.5) is 13.2 Å². The number of benzene rings is 1. The van der Waals surface area contributed by atoms with Crippen LogP contribution in [0.15, 0.2) is 29.6 Å². The van der Waals surface area contributed by atoms with E-state index in [2.05, 4.69) is 10.3 Å². The van der Waals surface area contributed by atoms with Crippen LogP contribution in [0.3, 0.4) is 0 Å². The summed E-state index contributed by atoms with van der Waals surface area (Å²) in [7, 11) is 0. The van der Waals surface area contributed by atoms with E-state index in [9.17, 15) is 18.0 Å². The lowest BCUT2D eigenvalue weighted by molar-refractivity contribution is -0.137. The van der Waals surface area contributed by atoms with Gasteiger partial charge in [-0.05, 0) is 31.2 Å². The van der Waals surface area contributed by atoms with Gasteiger partial charge in [-0.25, -0.2) is 4.98 Å². The van der Waals surface area contributed by atoms with Gasteiger partial charge in [-0.2, -0.15) is 13.2 Å². The highest BCUT2D eigenvalue weighted by molar-refractivity contribution is 7.09. The maximum absolute atomic E-state index is 12.4. The van der Waals surface area contributed by atoms with E-state index in [1.54, 1.807) is 0 Å². The minimum atomic E-state index is -4.39. The summed E-state index contributed by atoms with van der Waals surface area (Å²) in [5.74, 6) is -0.392. The molecule has 1 aromatic heterocycles. The van der Waals surface area contributed by atoms with Gasteiger partial charge in [0.2, 0.25) is 0 Å². The molecule has 0 unspecified atom stereocenters. The van der Waals surface area contributed by atoms with Crippen LogP contribution in [0.1, 0.15) is 26.6 Å². The minimum absolute atomic E-state index is 0.207. The van der Waals surface area contributed by atoms with Gasteiger partial charge in [-0.3, -0.25) is 4.79 Å². The fourth-order valence-corrected chi connectivity index (χ4v) is 2.49. The Kier molecular flexibility index (Phi) is 4.62. The number of hydrogen-bond acceptors (Lipinski definition) is 3. The van der Waals surface area contributed by atoms with E-state index in [1.165, 1.54) is 23.5 Å². The van der Waals surface area contributed by atoms with E-state index in [1.807, 2.05) is 12.3 Å². The van der Waals surface area contributed by atoms with E-state index < -0.39 is 17.6 Å². The van der Waals surface area contributed by atoms with Gasteiger partial charge in [-0.15, -0.1) is 11.3 Å². The number of carbonyl (C=O) groups is 1. The van der Waals surface area contributed by atoms with Gasteiger partial charge in [-0.1, -0.05) is 0 Å². The molecule has 0 atom stereocenters. The number of halogens is 3. The lowest BCUT2D eigenvalue weighted by Gasteiger charge is -2.08. The number of alkyl halides is 3. The summed E-state index contributed by atoms with van der Waals surface area (Å²) in [5, 5.41) is 5.50. The average Bonchev–Trinajstić information content (AvgIpc) is 2.83. The van der Waals surface area contributed by atoms with E-state index >= 15 is 0 Å². The maximum Gasteiger partial charge on any atom is 0.416 e. The highest BCUT2D eigenvalue weighted by Crippen LogP contribution is 2.29. The lowest BCUT2D eigenvalue weighted by atomic mass is 10.1. The maximum atomic E-state index is 12.4. The zero-order valence-electron chi connectivity index (χ0n) is 11.2. The molecular formula is C14H13F3N2OS. The van der Waals surface area contributed by atoms with Crippen molar-refractivity contribution in [3.8, 4) is 0 Å². The van der Waals surface area contributed by atoms with Crippen molar-refractivity contribution in [3.05, 3.63) is 51.5 Å². The summed E-state index contributed by atoms with van der Waals surface area (Å²) in [5.41, 5.74) is 0.375. The third-order valence-corrected chi connectivity index (χ3v) is 3.79. The molecule has 0 saturated heterocycles. The summed E-state index contributed by atoms with van der Waals surface area (Å²) in [6.45, 7) is 2.29. The highest BCUT2D eigenvalue weighted by Gasteiger charge is 2.30. The third-order valence-electron chi connectivity index (χ3n) is 2.77. The molecule has 0 aliphatic heterocycles. The molecule has 0 saturated carbocycles. The van der Waals surface area contributed by atoms with Crippen molar-refractivity contribution in [2.45, 2.75) is 19.5 Å². The molecule has 7 heteroatoms. The third kappa shape index (κ3) is 4.29. The van der Waals surface area contributed by atoms with E-state index in [0.717, 1.165) is 22.8 Å². The average molecular weight is 314 g/mol. The molecule has 0 aliphatic rings. The predicted octanol–water partition coefficient (Wildman–Crippen LogP) is 3.44. The lowest BCUT2D eigenvalue weighted by Crippen LogP contribution is -2.25. The van der Waals surface area contributed by atoms with Gasteiger partial charge in [0.1, 0.15) is 0 Å². The Balaban J connectivity index is 1.88. The molecule has 0 aliphatic carbocycles. The van der Waals surface area contributed by atoms with Crippen LogP contribution < -0.4 is 5.32 Å². The van der Waals surface area contributed by atoms with Crippen molar-refractivity contribution < 1.29 is 18.0 Å². The molecule has 0 bridgehead atoms. The Morgan fingerprint density at radius 3 is 2.48 bits per heavy atom. The molecule has 1 amide bonds. The van der Waals surface area contributed by atoms with Gasteiger partial charge in [0.15, 0.2) is 0 Å². The number of aromatic nitrogens is 1. The largest absolute Gasteiger partial charge is 0.416 e. The molecule has 1 N–H and O–H groups in total. The SMILES string of the molecule is Cc1csc(CCNC(=O)c2ccc(C(F)(F)F)cc2)n1. The van der Waals surface area contributed by atoms with Gasteiger partial charge in [0, 0.05) is 29.6 Å². The Hall–Kier alpha value is -1.89. The van der Waals surface area contributed by atoms with Crippen LogP contribution >= 0.6 is 11.3 Å². The van der Waals surface area contributed by atoms with Crippen molar-refractivity contribution in [1.82, 2.24) is 10.3 Å². The first-order valence-electron chi connectivity index (χ1n) is 6.23. The van der Waals surface area contributed by atoms with Crippen molar-refractivity contribution in [3.63, 3.8) is 0 Å². The summed E-state index contributed by atoms with van der Waals surface area (Å²) in [6.07, 6.45) is -3.79. The van der Waals surface area contributed by atoms with Crippen LogP contribution in [0.5, 0.6) is 0 Å². The second kappa shape index (κ2) is 6.26. The van der Waals surface area contributed by atoms with Crippen molar-refractivity contribution in [2.75, 3.05) is 6.54 Å². The van der Waals surface area contributed by atoms with E-state index in [0.29, 0.717) is 13.0 Å². The van der Waals surface area contributed by atoms with Gasteiger partial charge < -0.3 is 5.32 Å². The number of rotatable bonds is 4. The monoisotopic (exact) mass is 314 g/mol. The zero-order chi connectivity index (χ0) is 15.5. The molecule has 0 spiro atoms. The smallest absolute Gasteiger partial charge is 0.352 e. The van der Waals surface area contributed by atoms with Gasteiger partial charge in [0.25, 0.3) is 5.91 Å². The van der Waals surface area contributed by atoms with Crippen molar-refractivity contribution in [1.29, 1.82) is 0 Å². The molecule has 3 nitrogen and oxygen atoms in total. The predicted molar refractivity (Wildman–Crippen MR) is 74.3 cm³/mol. The molecule has 112 valence electrons. The second-order valence-electron chi connectivity index (χ2n) is 4.46. The minimum Gasteiger partial charge on any atom is -0.352 e. The Labute approximate surface area is 123 Å². The van der Waals surface area contributed by atoms with Gasteiger partial charge in [0.05, 0.1) is 10.6 Å². The quantitative estimate of drug-likeness (QED) is 0.939. The fourth-order valence-electron chi connectivity index (χ4n) is 1.71. The van der Waals surface area contributed by atoms with E-state index in [-0.39, 0.29) is 5.56 Å². The highest BCUT2D eigenvalue weighted by atomic mass is 32.1. The molecule has 2 aromatic rings. The van der Waals surface area contributed by atoms with Crippen LogP contribution in [-0.2, 0) is 12.6 Å². The molecular weight excluding hydrogens is 301 g/mol. The topological polar surface area (TPSA) is 42.0 Å². The van der Waals surface area contributed by atoms with Crippen LogP contribution in [0.25, 0.3) is 0 Å². The Morgan fingerprint density at radius 2 is 1.95 bits per heavy atom. The number of thiazole rings is 1. The van der Waals surface area contributed by atoms with Gasteiger partial charge >= 0.3 is 6.18 Å². The molecule has 2 rings (SSSR count). The summed E-state index contributed by atoms with van der Waals surface area (Å²) in [6, 6.07) is 4.15. The number of nitrogens with one attached hydrogen (secondary N) is 1. The Bertz CT molecular complexity index is 620. The molecule has 21 heavy (non-hydrogen) atoms. The van der Waals surface area contributed by atoms with Crippen molar-refractivity contribution >= 4 is 17.2 Å². The zero-order valence-corrected chi connectivity index (χ0v) is 12.0. The molecule has 1 heterocycles. The second-order valence-corrected chi connectivity index (χ2v) is 5.41. The normalized spacial score (nSPS) is 11.4. The number of hydrogen-bond donors (Lipinski definition) is 1. The standard InChI is InChI=1S/C14H13F3N2OS/c1-9-8-21-12(19-9)6-7-18-13(20)10-2-4-11(5-3-10)14(15,16)17/h2-5,8H,6-7H2,1H3,(H,18,20). The van der Waals surface area contributed by atoms with E-state index in [4.69, 9.17) is 0 Å². The first-order valence-corrected chi connectivity index (χ1v) is 7.10. The first kappa shape index (κ1) is 15.5. The van der Waals surface area contributed by atoms with Crippen LogP contribution in [0, 0.1) is 6.92 Å². The van der Waals surface area contributed by atoms with Crippen LogP contribution in [0.2, 0.25) is 0 Å². The molecule has 0 radical (unpaired) electrons. The Morgan fingerprint density at radius 1 is 1.29 bits per heavy atom. The number of aryl methyl sites for hydroxylation is 1. The molecule has 0 fully saturated rings.